The highest BCUT2D eigenvalue weighted by Crippen LogP contribution is 2.46. The molecule has 0 unspecified atom stereocenters. The van der Waals surface area contributed by atoms with Crippen molar-refractivity contribution in [3.05, 3.63) is 53.2 Å². The number of amides is 1. The van der Waals surface area contributed by atoms with E-state index in [4.69, 9.17) is 32.7 Å². The quantitative estimate of drug-likeness (QED) is 0.403. The summed E-state index contributed by atoms with van der Waals surface area (Å²) in [6, 6.07) is 7.26. The topological polar surface area (TPSA) is 96.8 Å². The van der Waals surface area contributed by atoms with Gasteiger partial charge in [0.2, 0.25) is 11.9 Å². The summed E-state index contributed by atoms with van der Waals surface area (Å²) >= 11 is 13.1. The summed E-state index contributed by atoms with van der Waals surface area (Å²) in [4.78, 5) is 22.6. The molecule has 1 aromatic heterocycles. The van der Waals surface area contributed by atoms with Crippen LogP contribution in [0.4, 0.5) is 5.95 Å². The van der Waals surface area contributed by atoms with E-state index in [9.17, 15) is 9.90 Å². The average molecular weight is 531 g/mol. The number of carbonyl (C=O) groups excluding carboxylic acids is 1. The number of fused-ring (bicyclic) bond motifs is 1. The summed E-state index contributed by atoms with van der Waals surface area (Å²) in [5.41, 5.74) is 1.02. The van der Waals surface area contributed by atoms with Gasteiger partial charge in [-0.2, -0.15) is 0 Å². The van der Waals surface area contributed by atoms with Crippen LogP contribution >= 0.6 is 23.2 Å². The zero-order chi connectivity index (χ0) is 26.0. The molecule has 0 saturated carbocycles. The van der Waals surface area contributed by atoms with Crippen LogP contribution < -0.4 is 14.8 Å². The summed E-state index contributed by atoms with van der Waals surface area (Å²) in [5.74, 6) is 1.12. The largest absolute Gasteiger partial charge is 0.495 e. The number of nitrogens with one attached hydrogen (secondary N) is 1. The van der Waals surface area contributed by atoms with Crippen molar-refractivity contribution >= 4 is 46.0 Å². The third-order valence-corrected chi connectivity index (χ3v) is 7.35. The van der Waals surface area contributed by atoms with Gasteiger partial charge in [0.1, 0.15) is 11.5 Å². The van der Waals surface area contributed by atoms with Crippen LogP contribution in [0.1, 0.15) is 13.3 Å². The number of nitrogens with zero attached hydrogens (tertiary/aromatic N) is 3. The number of anilines is 1. The number of carbonyl (C=O) groups is 1. The van der Waals surface area contributed by atoms with Crippen molar-refractivity contribution in [3.8, 4) is 22.6 Å². The molecule has 2 atom stereocenters. The van der Waals surface area contributed by atoms with Crippen LogP contribution in [0.25, 0.3) is 22.0 Å². The lowest BCUT2D eigenvalue weighted by molar-refractivity contribution is -0.125. The summed E-state index contributed by atoms with van der Waals surface area (Å²) in [6.45, 7) is 6.63. The van der Waals surface area contributed by atoms with Gasteiger partial charge in [-0.15, -0.1) is 0 Å². The zero-order valence-electron chi connectivity index (χ0n) is 20.3. The Hall–Kier alpha value is -3.07. The summed E-state index contributed by atoms with van der Waals surface area (Å²) in [7, 11) is 3.06. The number of hydrogen-bond donors (Lipinski definition) is 2. The highest BCUT2D eigenvalue weighted by atomic mass is 35.5. The molecule has 2 aromatic carbocycles. The SMILES string of the molecule is C=CC(=O)N1CC[C@@H]([C@@](C)(O)CNc2ncc3cc(-c4c(Cl)c(OC)cc(OC)c4Cl)ccc3n2)C1. The molecular formula is C26H28Cl2N4O4. The molecular weight excluding hydrogens is 503 g/mol. The maximum Gasteiger partial charge on any atom is 0.245 e. The van der Waals surface area contributed by atoms with Gasteiger partial charge in [-0.3, -0.25) is 4.79 Å². The van der Waals surface area contributed by atoms with Crippen LogP contribution in [-0.4, -0.2) is 65.3 Å². The minimum absolute atomic E-state index is 0.0636. The third kappa shape index (κ3) is 5.07. The van der Waals surface area contributed by atoms with E-state index >= 15 is 0 Å². The fraction of sp³-hybridized carbons (Fsp3) is 0.346. The van der Waals surface area contributed by atoms with Gasteiger partial charge in [0.15, 0.2) is 0 Å². The van der Waals surface area contributed by atoms with E-state index in [1.54, 1.807) is 24.1 Å². The predicted molar refractivity (Wildman–Crippen MR) is 142 cm³/mol. The first-order chi connectivity index (χ1) is 17.2. The number of hydrogen-bond acceptors (Lipinski definition) is 7. The van der Waals surface area contributed by atoms with E-state index < -0.39 is 5.60 Å². The van der Waals surface area contributed by atoms with Gasteiger partial charge < -0.3 is 24.8 Å². The number of aliphatic hydroxyl groups is 1. The molecule has 0 radical (unpaired) electrons. The van der Waals surface area contributed by atoms with E-state index in [1.165, 1.54) is 20.3 Å². The fourth-order valence-corrected chi connectivity index (χ4v) is 5.13. The molecule has 2 heterocycles. The van der Waals surface area contributed by atoms with E-state index in [0.717, 1.165) is 17.4 Å². The monoisotopic (exact) mass is 530 g/mol. The van der Waals surface area contributed by atoms with Gasteiger partial charge in [0.05, 0.1) is 35.4 Å². The standard InChI is InChI=1S/C26H28Cl2N4O4/c1-5-21(33)32-9-8-17(13-32)26(2,34)14-30-25-29-12-16-10-15(6-7-18(16)31-25)22-23(27)19(35-3)11-20(36-4)24(22)28/h5-7,10-12,17,34H,1,8-9,13-14H2,2-4H3,(H,29,30,31)/t17-,26+/m1/s1. The van der Waals surface area contributed by atoms with Gasteiger partial charge >= 0.3 is 0 Å². The Morgan fingerprint density at radius 3 is 2.61 bits per heavy atom. The van der Waals surface area contributed by atoms with E-state index in [2.05, 4.69) is 21.9 Å². The Morgan fingerprint density at radius 2 is 1.97 bits per heavy atom. The lowest BCUT2D eigenvalue weighted by Gasteiger charge is -2.30. The molecule has 1 fully saturated rings. The highest BCUT2D eigenvalue weighted by Gasteiger charge is 2.38. The molecule has 3 aromatic rings. The van der Waals surface area contributed by atoms with E-state index in [1.807, 2.05) is 18.2 Å². The maximum absolute atomic E-state index is 11.9. The minimum atomic E-state index is -1.04. The first-order valence-electron chi connectivity index (χ1n) is 11.4. The average Bonchev–Trinajstić information content (AvgIpc) is 3.39. The number of rotatable bonds is 8. The van der Waals surface area contributed by atoms with Gasteiger partial charge in [-0.05, 0) is 37.1 Å². The van der Waals surface area contributed by atoms with Crippen LogP contribution in [0.3, 0.4) is 0 Å². The smallest absolute Gasteiger partial charge is 0.245 e. The van der Waals surface area contributed by atoms with Gasteiger partial charge in [-0.25, -0.2) is 9.97 Å². The Bertz CT molecular complexity index is 1290. The number of halogens is 2. The molecule has 0 aliphatic carbocycles. The molecule has 4 rings (SSSR count). The molecule has 8 nitrogen and oxygen atoms in total. The Kier molecular flexibility index (Phi) is 7.59. The third-order valence-electron chi connectivity index (χ3n) is 6.60. The predicted octanol–water partition coefficient (Wildman–Crippen LogP) is 4.82. The lowest BCUT2D eigenvalue weighted by atomic mass is 9.88. The molecule has 1 amide bonds. The van der Waals surface area contributed by atoms with Crippen molar-refractivity contribution < 1.29 is 19.4 Å². The second-order valence-electron chi connectivity index (χ2n) is 8.94. The van der Waals surface area contributed by atoms with Crippen LogP contribution in [0.15, 0.2) is 43.1 Å². The van der Waals surface area contributed by atoms with E-state index in [0.29, 0.717) is 51.7 Å². The zero-order valence-corrected chi connectivity index (χ0v) is 21.9. The minimum Gasteiger partial charge on any atom is -0.495 e. The molecule has 10 heteroatoms. The molecule has 1 aliphatic rings. The van der Waals surface area contributed by atoms with Gasteiger partial charge in [0.25, 0.3) is 0 Å². The normalized spacial score (nSPS) is 17.1. The number of benzene rings is 2. The van der Waals surface area contributed by atoms with Crippen molar-refractivity contribution in [2.24, 2.45) is 5.92 Å². The number of likely N-dealkylation sites (tertiary alicyclic amines) is 1. The number of ether oxygens (including phenoxy) is 2. The van der Waals surface area contributed by atoms with Crippen molar-refractivity contribution in [1.29, 1.82) is 0 Å². The first kappa shape index (κ1) is 26.0. The summed E-state index contributed by atoms with van der Waals surface area (Å²) in [5, 5.41) is 15.7. The Morgan fingerprint density at radius 1 is 1.28 bits per heavy atom. The van der Waals surface area contributed by atoms with Crippen LogP contribution in [-0.2, 0) is 4.79 Å². The Labute approximate surface area is 219 Å². The van der Waals surface area contributed by atoms with Crippen molar-refractivity contribution in [1.82, 2.24) is 14.9 Å². The number of methoxy groups -OCH3 is 2. The molecule has 2 N–H and O–H groups in total. The second kappa shape index (κ2) is 10.5. The second-order valence-corrected chi connectivity index (χ2v) is 9.69. The Balaban J connectivity index is 1.53. The molecule has 190 valence electrons. The molecule has 0 spiro atoms. The molecule has 36 heavy (non-hydrogen) atoms. The first-order valence-corrected chi connectivity index (χ1v) is 12.2. The van der Waals surface area contributed by atoms with E-state index in [-0.39, 0.29) is 18.4 Å². The van der Waals surface area contributed by atoms with Gasteiger partial charge in [-0.1, -0.05) is 35.8 Å². The summed E-state index contributed by atoms with van der Waals surface area (Å²) < 4.78 is 10.7. The molecule has 1 saturated heterocycles. The van der Waals surface area contributed by atoms with Crippen molar-refractivity contribution in [2.45, 2.75) is 18.9 Å². The number of aromatic nitrogens is 2. The molecule has 0 bridgehead atoms. The van der Waals surface area contributed by atoms with Crippen molar-refractivity contribution in [2.75, 3.05) is 39.2 Å². The summed E-state index contributed by atoms with van der Waals surface area (Å²) in [6.07, 6.45) is 3.72. The lowest BCUT2D eigenvalue weighted by Crippen LogP contribution is -2.43. The van der Waals surface area contributed by atoms with Crippen LogP contribution in [0.2, 0.25) is 10.0 Å². The fourth-order valence-electron chi connectivity index (χ4n) is 4.41. The molecule has 1 aliphatic heterocycles. The van der Waals surface area contributed by atoms with Gasteiger partial charge in [0, 0.05) is 48.8 Å². The maximum atomic E-state index is 11.9. The van der Waals surface area contributed by atoms with Crippen LogP contribution in [0.5, 0.6) is 11.5 Å². The van der Waals surface area contributed by atoms with Crippen LogP contribution in [0, 0.1) is 5.92 Å². The highest BCUT2D eigenvalue weighted by molar-refractivity contribution is 6.41. The van der Waals surface area contributed by atoms with Crippen molar-refractivity contribution in [3.63, 3.8) is 0 Å².